The predicted octanol–water partition coefficient (Wildman–Crippen LogP) is 4.27. The standard InChI is InChI=1S/C12H16BrF3N2O/c1-3-4-5-18-11-8(19-2)6-7(13)9(10(11)17)12(14,15)16/h6,18H,3-5,17H2,1-2H3. The van der Waals surface area contributed by atoms with E-state index in [0.29, 0.717) is 6.54 Å². The Bertz CT molecular complexity index is 450. The van der Waals surface area contributed by atoms with Gasteiger partial charge in [0.25, 0.3) is 0 Å². The summed E-state index contributed by atoms with van der Waals surface area (Å²) in [4.78, 5) is 0. The van der Waals surface area contributed by atoms with E-state index >= 15 is 0 Å². The van der Waals surface area contributed by atoms with Gasteiger partial charge in [0.1, 0.15) is 11.4 Å². The molecule has 0 amide bonds. The summed E-state index contributed by atoms with van der Waals surface area (Å²) < 4.78 is 43.7. The number of hydrogen-bond acceptors (Lipinski definition) is 3. The Morgan fingerprint density at radius 3 is 2.53 bits per heavy atom. The fourth-order valence-corrected chi connectivity index (χ4v) is 2.31. The van der Waals surface area contributed by atoms with Crippen LogP contribution in [0.2, 0.25) is 0 Å². The molecule has 0 unspecified atom stereocenters. The molecule has 0 bridgehead atoms. The molecule has 1 rings (SSSR count). The van der Waals surface area contributed by atoms with Crippen LogP contribution in [0.25, 0.3) is 0 Å². The number of ether oxygens (including phenoxy) is 1. The molecule has 0 aliphatic carbocycles. The highest BCUT2D eigenvalue weighted by atomic mass is 79.9. The number of unbranched alkanes of at least 4 members (excludes halogenated alkanes) is 1. The first-order valence-corrected chi connectivity index (χ1v) is 6.59. The van der Waals surface area contributed by atoms with Crippen LogP contribution in [-0.2, 0) is 6.18 Å². The first kappa shape index (κ1) is 15.9. The van der Waals surface area contributed by atoms with E-state index in [2.05, 4.69) is 21.2 Å². The number of halogens is 4. The van der Waals surface area contributed by atoms with Crippen LogP contribution in [0.4, 0.5) is 24.5 Å². The van der Waals surface area contributed by atoms with Crippen molar-refractivity contribution in [3.63, 3.8) is 0 Å². The van der Waals surface area contributed by atoms with E-state index in [-0.39, 0.29) is 21.6 Å². The van der Waals surface area contributed by atoms with Crippen molar-refractivity contribution in [2.75, 3.05) is 24.7 Å². The molecule has 3 N–H and O–H groups in total. The van der Waals surface area contributed by atoms with Gasteiger partial charge in [-0.05, 0) is 28.4 Å². The lowest BCUT2D eigenvalue weighted by atomic mass is 10.1. The molecule has 0 heterocycles. The monoisotopic (exact) mass is 340 g/mol. The summed E-state index contributed by atoms with van der Waals surface area (Å²) >= 11 is 2.88. The van der Waals surface area contributed by atoms with Gasteiger partial charge in [-0.25, -0.2) is 0 Å². The molecular formula is C12H16BrF3N2O. The zero-order valence-electron chi connectivity index (χ0n) is 10.7. The summed E-state index contributed by atoms with van der Waals surface area (Å²) in [6, 6.07) is 1.27. The number of alkyl halides is 3. The van der Waals surface area contributed by atoms with Gasteiger partial charge in [-0.1, -0.05) is 13.3 Å². The number of benzene rings is 1. The third-order valence-corrected chi connectivity index (χ3v) is 3.24. The van der Waals surface area contributed by atoms with Crippen LogP contribution in [0.3, 0.4) is 0 Å². The fourth-order valence-electron chi connectivity index (χ4n) is 1.67. The number of anilines is 2. The van der Waals surface area contributed by atoms with Crippen molar-refractivity contribution in [1.82, 2.24) is 0 Å². The van der Waals surface area contributed by atoms with Crippen molar-refractivity contribution < 1.29 is 17.9 Å². The quantitative estimate of drug-likeness (QED) is 0.621. The van der Waals surface area contributed by atoms with Gasteiger partial charge in [0.2, 0.25) is 0 Å². The van der Waals surface area contributed by atoms with Gasteiger partial charge in [0.05, 0.1) is 18.4 Å². The Labute approximate surface area is 118 Å². The lowest BCUT2D eigenvalue weighted by molar-refractivity contribution is -0.137. The van der Waals surface area contributed by atoms with Crippen molar-refractivity contribution in [1.29, 1.82) is 0 Å². The molecular weight excluding hydrogens is 325 g/mol. The summed E-state index contributed by atoms with van der Waals surface area (Å²) in [7, 11) is 1.39. The molecule has 0 saturated heterocycles. The molecule has 0 aromatic heterocycles. The zero-order chi connectivity index (χ0) is 14.6. The Morgan fingerprint density at radius 1 is 1.42 bits per heavy atom. The number of nitrogens with two attached hydrogens (primary N) is 1. The van der Waals surface area contributed by atoms with Gasteiger partial charge in [-0.15, -0.1) is 0 Å². The molecule has 0 radical (unpaired) electrons. The van der Waals surface area contributed by atoms with Gasteiger partial charge >= 0.3 is 6.18 Å². The highest BCUT2D eigenvalue weighted by Crippen LogP contribution is 2.46. The van der Waals surface area contributed by atoms with E-state index in [1.165, 1.54) is 13.2 Å². The highest BCUT2D eigenvalue weighted by molar-refractivity contribution is 9.10. The summed E-state index contributed by atoms with van der Waals surface area (Å²) in [5, 5.41) is 2.90. The third kappa shape index (κ3) is 3.68. The molecule has 108 valence electrons. The molecule has 0 aliphatic heterocycles. The third-order valence-electron chi connectivity index (χ3n) is 2.62. The molecule has 0 saturated carbocycles. The predicted molar refractivity (Wildman–Crippen MR) is 73.5 cm³/mol. The number of hydrogen-bond donors (Lipinski definition) is 2. The average Bonchev–Trinajstić information content (AvgIpc) is 2.29. The van der Waals surface area contributed by atoms with Gasteiger partial charge in [0.15, 0.2) is 0 Å². The molecule has 0 spiro atoms. The van der Waals surface area contributed by atoms with E-state index in [9.17, 15) is 13.2 Å². The Hall–Kier alpha value is -1.11. The highest BCUT2D eigenvalue weighted by Gasteiger charge is 2.37. The minimum atomic E-state index is -4.52. The zero-order valence-corrected chi connectivity index (χ0v) is 12.3. The van der Waals surface area contributed by atoms with E-state index in [0.717, 1.165) is 12.8 Å². The molecule has 19 heavy (non-hydrogen) atoms. The van der Waals surface area contributed by atoms with Crippen molar-refractivity contribution in [3.05, 3.63) is 16.1 Å². The molecule has 7 heteroatoms. The maximum atomic E-state index is 12.9. The van der Waals surface area contributed by atoms with Crippen LogP contribution in [0.1, 0.15) is 25.3 Å². The first-order chi connectivity index (χ1) is 8.82. The van der Waals surface area contributed by atoms with E-state index < -0.39 is 11.7 Å². The van der Waals surface area contributed by atoms with Crippen molar-refractivity contribution >= 4 is 27.3 Å². The van der Waals surface area contributed by atoms with Crippen LogP contribution in [0.5, 0.6) is 5.75 Å². The Morgan fingerprint density at radius 2 is 2.05 bits per heavy atom. The van der Waals surface area contributed by atoms with Crippen molar-refractivity contribution in [2.24, 2.45) is 0 Å². The van der Waals surface area contributed by atoms with Gasteiger partial charge in [-0.3, -0.25) is 0 Å². The fraction of sp³-hybridized carbons (Fsp3) is 0.500. The Kier molecular flexibility index (Phi) is 5.34. The SMILES string of the molecule is CCCCNc1c(OC)cc(Br)c(C(F)(F)F)c1N. The van der Waals surface area contributed by atoms with E-state index in [4.69, 9.17) is 10.5 Å². The molecule has 0 fully saturated rings. The van der Waals surface area contributed by atoms with Crippen LogP contribution >= 0.6 is 15.9 Å². The number of methoxy groups -OCH3 is 1. The Balaban J connectivity index is 3.26. The average molecular weight is 341 g/mol. The van der Waals surface area contributed by atoms with Gasteiger partial charge in [0, 0.05) is 11.0 Å². The van der Waals surface area contributed by atoms with E-state index in [1.807, 2.05) is 6.92 Å². The number of nitrogens with one attached hydrogen (secondary N) is 1. The first-order valence-electron chi connectivity index (χ1n) is 5.79. The lowest BCUT2D eigenvalue weighted by Crippen LogP contribution is -2.14. The van der Waals surface area contributed by atoms with Crippen molar-refractivity contribution in [3.8, 4) is 5.75 Å². The topological polar surface area (TPSA) is 47.3 Å². The molecule has 0 aliphatic rings. The van der Waals surface area contributed by atoms with E-state index in [1.54, 1.807) is 0 Å². The van der Waals surface area contributed by atoms with Crippen LogP contribution in [-0.4, -0.2) is 13.7 Å². The summed E-state index contributed by atoms with van der Waals surface area (Å²) in [6.07, 6.45) is -2.76. The second kappa shape index (κ2) is 6.36. The minimum absolute atomic E-state index is 0.129. The molecule has 3 nitrogen and oxygen atoms in total. The molecule has 0 atom stereocenters. The van der Waals surface area contributed by atoms with Gasteiger partial charge in [-0.2, -0.15) is 13.2 Å². The maximum Gasteiger partial charge on any atom is 0.419 e. The normalized spacial score (nSPS) is 11.5. The summed E-state index contributed by atoms with van der Waals surface area (Å²) in [6.45, 7) is 2.53. The molecule has 1 aromatic rings. The largest absolute Gasteiger partial charge is 0.494 e. The van der Waals surface area contributed by atoms with Crippen LogP contribution in [0.15, 0.2) is 10.5 Å². The summed E-state index contributed by atoms with van der Waals surface area (Å²) in [5.41, 5.74) is 4.59. The minimum Gasteiger partial charge on any atom is -0.494 e. The van der Waals surface area contributed by atoms with Crippen molar-refractivity contribution in [2.45, 2.75) is 25.9 Å². The second-order valence-corrected chi connectivity index (χ2v) is 4.86. The van der Waals surface area contributed by atoms with Gasteiger partial charge < -0.3 is 15.8 Å². The van der Waals surface area contributed by atoms with Crippen LogP contribution < -0.4 is 15.8 Å². The summed E-state index contributed by atoms with van der Waals surface area (Å²) in [5.74, 6) is 0.286. The maximum absolute atomic E-state index is 12.9. The molecule has 1 aromatic carbocycles. The second-order valence-electron chi connectivity index (χ2n) is 4.00. The number of nitrogen functional groups attached to an aromatic ring is 1. The smallest absolute Gasteiger partial charge is 0.419 e. The lowest BCUT2D eigenvalue weighted by Gasteiger charge is -2.19. The van der Waals surface area contributed by atoms with Crippen LogP contribution in [0, 0.1) is 0 Å². The number of rotatable bonds is 5.